The van der Waals surface area contributed by atoms with Crippen LogP contribution in [0.25, 0.3) is 17.0 Å². The van der Waals surface area contributed by atoms with Crippen LogP contribution in [0.1, 0.15) is 105 Å². The second-order valence-electron chi connectivity index (χ2n) is 16.0. The number of fused-ring (bicyclic) bond motifs is 4. The molecule has 2 aliphatic heterocycles. The number of cyclic esters (lactones) is 1. The minimum atomic E-state index is -2.18. The summed E-state index contributed by atoms with van der Waals surface area (Å²) in [5.74, 6) is -1.78. The highest BCUT2D eigenvalue weighted by atomic mass is 28.4. The lowest BCUT2D eigenvalue weighted by molar-refractivity contribution is -0.157. The van der Waals surface area contributed by atoms with Crippen LogP contribution in [-0.2, 0) is 28.3 Å². The summed E-state index contributed by atoms with van der Waals surface area (Å²) < 4.78 is 12.6. The molecule has 2 N–H and O–H groups in total. The number of ether oxygens (including phenoxy) is 1. The lowest BCUT2D eigenvalue weighted by atomic mass is 9.87. The van der Waals surface area contributed by atoms with Crippen molar-refractivity contribution >= 4 is 48.9 Å². The van der Waals surface area contributed by atoms with Crippen LogP contribution in [0.15, 0.2) is 36.4 Å². The summed E-state index contributed by atoms with van der Waals surface area (Å²) in [6, 6.07) is 8.27. The molecule has 1 fully saturated rings. The van der Waals surface area contributed by atoms with E-state index >= 15 is 0 Å². The molecule has 274 valence electrons. The summed E-state index contributed by atoms with van der Waals surface area (Å²) in [5, 5.41) is 5.24. The summed E-state index contributed by atoms with van der Waals surface area (Å²) in [5.41, 5.74) is 5.28. The molecule has 10 nitrogen and oxygen atoms in total. The van der Waals surface area contributed by atoms with Crippen molar-refractivity contribution in [2.24, 2.45) is 17.8 Å². The molecule has 2 aromatic rings. The standard InChI is InChI=1S/C39H58N4O6Si/c1-24(2)30-13-11-15-35(44)31(26(4)49-50(9,10)39(6,7)8)20-17-28-16-18-29-19-21-32(41-34(29)23-28)27(5)48-38(47)33-14-12-22-43(42-33)37(46)25(3)40-36(30)45/h16-21,23-27,30-31,33,42H,11-15,22H2,1-10H3,(H,40,45)/b20-17+/t25-,26+,27+,30-,31+,33-/m0/s1. The predicted octanol–water partition coefficient (Wildman–Crippen LogP) is 6.90. The Morgan fingerprint density at radius 2 is 1.70 bits per heavy atom. The van der Waals surface area contributed by atoms with Gasteiger partial charge in [-0.25, -0.2) is 10.4 Å². The molecule has 5 bridgehead atoms. The molecule has 1 aromatic carbocycles. The molecule has 2 amide bonds. The van der Waals surface area contributed by atoms with Crippen molar-refractivity contribution in [3.05, 3.63) is 47.7 Å². The number of hydrazine groups is 1. The van der Waals surface area contributed by atoms with Gasteiger partial charge in [0, 0.05) is 24.3 Å². The summed E-state index contributed by atoms with van der Waals surface area (Å²) in [6.45, 7) is 20.8. The molecule has 1 saturated heterocycles. The normalized spacial score (nSPS) is 26.6. The molecule has 0 unspecified atom stereocenters. The van der Waals surface area contributed by atoms with Crippen molar-refractivity contribution in [2.75, 3.05) is 6.54 Å². The minimum Gasteiger partial charge on any atom is -0.455 e. The largest absolute Gasteiger partial charge is 0.455 e. The Balaban J connectivity index is 1.69. The van der Waals surface area contributed by atoms with Crippen molar-refractivity contribution < 1.29 is 28.3 Å². The average Bonchev–Trinajstić information content (AvgIpc) is 3.04. The number of benzene rings is 1. The number of aromatic nitrogens is 1. The van der Waals surface area contributed by atoms with Crippen LogP contribution >= 0.6 is 0 Å². The number of carbonyl (C=O) groups excluding carboxylic acids is 4. The molecule has 0 spiro atoms. The Morgan fingerprint density at radius 3 is 2.38 bits per heavy atom. The lowest BCUT2D eigenvalue weighted by Gasteiger charge is -2.39. The fraction of sp³-hybridized carbons (Fsp3) is 0.615. The molecule has 0 radical (unpaired) electrons. The zero-order valence-electron chi connectivity index (χ0n) is 31.7. The number of hydrogen-bond donors (Lipinski definition) is 2. The lowest BCUT2D eigenvalue weighted by Crippen LogP contribution is -2.59. The third-order valence-electron chi connectivity index (χ3n) is 10.7. The summed E-state index contributed by atoms with van der Waals surface area (Å²) >= 11 is 0. The number of amides is 2. The van der Waals surface area contributed by atoms with Gasteiger partial charge in [0.25, 0.3) is 5.91 Å². The van der Waals surface area contributed by atoms with E-state index in [1.54, 1.807) is 13.8 Å². The third kappa shape index (κ3) is 9.67. The van der Waals surface area contributed by atoms with Crippen LogP contribution in [0.4, 0.5) is 0 Å². The highest BCUT2D eigenvalue weighted by Crippen LogP contribution is 2.38. The van der Waals surface area contributed by atoms with E-state index in [4.69, 9.17) is 14.1 Å². The Labute approximate surface area is 299 Å². The zero-order valence-corrected chi connectivity index (χ0v) is 32.7. The van der Waals surface area contributed by atoms with Crippen molar-refractivity contribution in [2.45, 2.75) is 130 Å². The first-order chi connectivity index (χ1) is 23.4. The second-order valence-corrected chi connectivity index (χ2v) is 20.7. The van der Waals surface area contributed by atoms with Gasteiger partial charge in [0.05, 0.1) is 23.2 Å². The second kappa shape index (κ2) is 16.3. The Morgan fingerprint density at radius 1 is 1.00 bits per heavy atom. The minimum absolute atomic E-state index is 0.00841. The van der Waals surface area contributed by atoms with Crippen LogP contribution in [0, 0.1) is 17.8 Å². The van der Waals surface area contributed by atoms with E-state index in [-0.39, 0.29) is 40.6 Å². The maximum atomic E-state index is 14.0. The average molecular weight is 707 g/mol. The molecule has 6 atom stereocenters. The summed E-state index contributed by atoms with van der Waals surface area (Å²) in [6.07, 6.45) is 5.43. The third-order valence-corrected chi connectivity index (χ3v) is 15.2. The molecular weight excluding hydrogens is 649 g/mol. The van der Waals surface area contributed by atoms with Crippen LogP contribution in [0.2, 0.25) is 18.1 Å². The van der Waals surface area contributed by atoms with Gasteiger partial charge < -0.3 is 14.5 Å². The molecule has 2 aliphatic rings. The SMILES string of the molecule is CC(C)[C@@H]1CCCC(=O)[C@@H]([C@@H](C)O[Si](C)(C)C(C)(C)C)/C=C/c2ccc3ccc(nc3c2)[C@@H](C)OC(=O)[C@@H]2CCCN(N2)C(=O)[C@H](C)NC1=O. The molecule has 0 aliphatic carbocycles. The molecule has 3 heterocycles. The Bertz CT molecular complexity index is 1580. The number of rotatable bonds is 4. The van der Waals surface area contributed by atoms with Crippen molar-refractivity contribution in [3.8, 4) is 0 Å². The van der Waals surface area contributed by atoms with Gasteiger partial charge in [0.2, 0.25) is 5.91 Å². The number of pyridine rings is 1. The number of hydrogen-bond acceptors (Lipinski definition) is 8. The first-order valence-electron chi connectivity index (χ1n) is 18.3. The molecule has 4 rings (SSSR count). The van der Waals surface area contributed by atoms with Crippen LogP contribution in [0.5, 0.6) is 0 Å². The van der Waals surface area contributed by atoms with Crippen LogP contribution < -0.4 is 10.7 Å². The predicted molar refractivity (Wildman–Crippen MR) is 199 cm³/mol. The van der Waals surface area contributed by atoms with Crippen molar-refractivity contribution in [1.82, 2.24) is 20.7 Å². The molecule has 0 saturated carbocycles. The quantitative estimate of drug-likeness (QED) is 0.260. The monoisotopic (exact) mass is 706 g/mol. The van der Waals surface area contributed by atoms with Gasteiger partial charge in [-0.2, -0.15) is 0 Å². The van der Waals surface area contributed by atoms with E-state index in [9.17, 15) is 19.2 Å². The zero-order chi connectivity index (χ0) is 37.0. The van der Waals surface area contributed by atoms with E-state index in [1.807, 2.05) is 63.3 Å². The maximum Gasteiger partial charge on any atom is 0.325 e. The van der Waals surface area contributed by atoms with Gasteiger partial charge in [0.1, 0.15) is 24.0 Å². The fourth-order valence-electron chi connectivity index (χ4n) is 6.41. The van der Waals surface area contributed by atoms with Gasteiger partial charge in [0.15, 0.2) is 8.32 Å². The number of carbonyl (C=O) groups is 4. The van der Waals surface area contributed by atoms with Gasteiger partial charge in [-0.1, -0.05) is 65.0 Å². The highest BCUT2D eigenvalue weighted by molar-refractivity contribution is 6.74. The Kier molecular flexibility index (Phi) is 12.8. The number of esters is 1. The number of ketones is 1. The number of nitrogens with one attached hydrogen (secondary N) is 2. The highest BCUT2D eigenvalue weighted by Gasteiger charge is 2.40. The van der Waals surface area contributed by atoms with E-state index in [1.165, 1.54) is 5.01 Å². The summed E-state index contributed by atoms with van der Waals surface area (Å²) in [4.78, 5) is 59.0. The van der Waals surface area contributed by atoms with Crippen molar-refractivity contribution in [1.29, 1.82) is 0 Å². The molecular formula is C39H58N4O6Si. The summed E-state index contributed by atoms with van der Waals surface area (Å²) in [7, 11) is -2.18. The smallest absolute Gasteiger partial charge is 0.325 e. The van der Waals surface area contributed by atoms with Gasteiger partial charge in [-0.3, -0.25) is 24.2 Å². The first-order valence-corrected chi connectivity index (χ1v) is 21.2. The molecule has 1 aromatic heterocycles. The molecule has 11 heteroatoms. The fourth-order valence-corrected chi connectivity index (χ4v) is 7.84. The topological polar surface area (TPSA) is 127 Å². The van der Waals surface area contributed by atoms with Gasteiger partial charge in [-0.15, -0.1) is 0 Å². The van der Waals surface area contributed by atoms with E-state index < -0.39 is 38.4 Å². The number of Topliss-reactive ketones (excluding diaryl/α,β-unsaturated/α-hetero) is 1. The van der Waals surface area contributed by atoms with Crippen LogP contribution in [0.3, 0.4) is 0 Å². The Hall–Kier alpha value is -3.41. The van der Waals surface area contributed by atoms with Gasteiger partial charge >= 0.3 is 5.97 Å². The number of nitrogens with zero attached hydrogens (tertiary/aromatic N) is 2. The van der Waals surface area contributed by atoms with E-state index in [2.05, 4.69) is 44.6 Å². The molecule has 50 heavy (non-hydrogen) atoms. The van der Waals surface area contributed by atoms with E-state index in [0.717, 1.165) is 16.5 Å². The van der Waals surface area contributed by atoms with Crippen molar-refractivity contribution in [3.63, 3.8) is 0 Å². The van der Waals surface area contributed by atoms with E-state index in [0.29, 0.717) is 44.3 Å². The van der Waals surface area contributed by atoms with Gasteiger partial charge in [-0.05, 0) is 88.2 Å². The first kappa shape index (κ1) is 39.4. The van der Waals surface area contributed by atoms with Crippen LogP contribution in [-0.4, -0.2) is 66.6 Å². The maximum absolute atomic E-state index is 14.0.